The van der Waals surface area contributed by atoms with Crippen LogP contribution in [0.2, 0.25) is 0 Å². The molecule has 112 valence electrons. The van der Waals surface area contributed by atoms with Crippen molar-refractivity contribution in [1.82, 2.24) is 5.32 Å². The van der Waals surface area contributed by atoms with Gasteiger partial charge in [0.15, 0.2) is 0 Å². The first kappa shape index (κ1) is 15.4. The van der Waals surface area contributed by atoms with Crippen molar-refractivity contribution in [2.45, 2.75) is 52.0 Å². The van der Waals surface area contributed by atoms with Crippen molar-refractivity contribution in [3.63, 3.8) is 0 Å². The van der Waals surface area contributed by atoms with E-state index in [1.807, 2.05) is 0 Å². The van der Waals surface area contributed by atoms with Crippen molar-refractivity contribution in [3.05, 3.63) is 35.4 Å². The number of hydrogen-bond donors (Lipinski definition) is 1. The maximum absolute atomic E-state index is 13.8. The lowest BCUT2D eigenvalue weighted by atomic mass is 9.77. The number of nitrogens with one attached hydrogen (secondary N) is 1. The van der Waals surface area contributed by atoms with Gasteiger partial charge in [0.05, 0.1) is 0 Å². The highest BCUT2D eigenvalue weighted by molar-refractivity contribution is 5.20. The topological polar surface area (TPSA) is 12.0 Å². The molecule has 1 saturated carbocycles. The molecule has 0 heterocycles. The average Bonchev–Trinajstić information content (AvgIpc) is 2.41. The monoisotopic (exact) mass is 281 g/mol. The summed E-state index contributed by atoms with van der Waals surface area (Å²) in [4.78, 5) is 0. The fraction of sp³-hybridized carbons (Fsp3) is 0.647. The molecule has 0 saturated heterocycles. The SMILES string of the molecule is CCNC(Cc1ccc(F)cc1F)C1CCCC(C)C1. The van der Waals surface area contributed by atoms with Crippen molar-refractivity contribution in [3.8, 4) is 0 Å². The van der Waals surface area contributed by atoms with Crippen molar-refractivity contribution < 1.29 is 8.78 Å². The van der Waals surface area contributed by atoms with E-state index in [9.17, 15) is 8.78 Å². The van der Waals surface area contributed by atoms with E-state index in [0.717, 1.165) is 18.5 Å². The lowest BCUT2D eigenvalue weighted by Crippen LogP contribution is -2.40. The first-order valence-corrected chi connectivity index (χ1v) is 7.77. The van der Waals surface area contributed by atoms with Gasteiger partial charge in [0.1, 0.15) is 11.6 Å². The van der Waals surface area contributed by atoms with Gasteiger partial charge in [-0.25, -0.2) is 8.78 Å². The van der Waals surface area contributed by atoms with Gasteiger partial charge in [0, 0.05) is 12.1 Å². The summed E-state index contributed by atoms with van der Waals surface area (Å²) in [5.74, 6) is 0.436. The van der Waals surface area contributed by atoms with Crippen LogP contribution in [-0.2, 0) is 6.42 Å². The lowest BCUT2D eigenvalue weighted by molar-refractivity contribution is 0.222. The van der Waals surface area contributed by atoms with Gasteiger partial charge in [-0.15, -0.1) is 0 Å². The zero-order chi connectivity index (χ0) is 14.5. The molecule has 0 bridgehead atoms. The smallest absolute Gasteiger partial charge is 0.129 e. The summed E-state index contributed by atoms with van der Waals surface area (Å²) in [6, 6.07) is 4.22. The Morgan fingerprint density at radius 1 is 1.30 bits per heavy atom. The Bertz CT molecular complexity index is 433. The van der Waals surface area contributed by atoms with Gasteiger partial charge >= 0.3 is 0 Å². The molecular formula is C17H25F2N. The van der Waals surface area contributed by atoms with Crippen LogP contribution < -0.4 is 5.32 Å². The fourth-order valence-corrected chi connectivity index (χ4v) is 3.44. The Labute approximate surface area is 120 Å². The second-order valence-corrected chi connectivity index (χ2v) is 6.14. The van der Waals surface area contributed by atoms with E-state index in [1.54, 1.807) is 6.07 Å². The van der Waals surface area contributed by atoms with Crippen LogP contribution in [0.5, 0.6) is 0 Å². The minimum Gasteiger partial charge on any atom is -0.314 e. The summed E-state index contributed by atoms with van der Waals surface area (Å²) in [6.45, 7) is 5.27. The molecule has 0 aromatic heterocycles. The molecule has 1 aliphatic carbocycles. The van der Waals surface area contributed by atoms with Crippen LogP contribution in [0, 0.1) is 23.5 Å². The molecule has 1 fully saturated rings. The van der Waals surface area contributed by atoms with Crippen LogP contribution in [-0.4, -0.2) is 12.6 Å². The molecule has 1 aliphatic rings. The summed E-state index contributed by atoms with van der Waals surface area (Å²) in [6.07, 6.45) is 5.64. The van der Waals surface area contributed by atoms with E-state index in [1.165, 1.54) is 31.7 Å². The van der Waals surface area contributed by atoms with Crippen LogP contribution in [0.3, 0.4) is 0 Å². The van der Waals surface area contributed by atoms with Crippen LogP contribution in [0.1, 0.15) is 45.1 Å². The summed E-state index contributed by atoms with van der Waals surface area (Å²) < 4.78 is 26.8. The lowest BCUT2D eigenvalue weighted by Gasteiger charge is -2.34. The van der Waals surface area contributed by atoms with Gasteiger partial charge in [-0.05, 0) is 49.3 Å². The molecular weight excluding hydrogens is 256 g/mol. The molecule has 1 aromatic rings. The van der Waals surface area contributed by atoms with E-state index in [2.05, 4.69) is 19.2 Å². The normalized spacial score (nSPS) is 24.6. The van der Waals surface area contributed by atoms with E-state index in [4.69, 9.17) is 0 Å². The third-order valence-corrected chi connectivity index (χ3v) is 4.47. The van der Waals surface area contributed by atoms with E-state index >= 15 is 0 Å². The summed E-state index contributed by atoms with van der Waals surface area (Å²) >= 11 is 0. The van der Waals surface area contributed by atoms with Crippen molar-refractivity contribution in [2.75, 3.05) is 6.54 Å². The van der Waals surface area contributed by atoms with Crippen molar-refractivity contribution in [1.29, 1.82) is 0 Å². The molecule has 3 heteroatoms. The third-order valence-electron chi connectivity index (χ3n) is 4.47. The van der Waals surface area contributed by atoms with E-state index in [-0.39, 0.29) is 0 Å². The average molecular weight is 281 g/mol. The zero-order valence-electron chi connectivity index (χ0n) is 12.5. The minimum atomic E-state index is -0.502. The first-order valence-electron chi connectivity index (χ1n) is 7.77. The molecule has 3 atom stereocenters. The standard InChI is InChI=1S/C17H25F2N/c1-3-20-17(14-6-4-5-12(2)9-14)10-13-7-8-15(18)11-16(13)19/h7-8,11-12,14,17,20H,3-6,9-10H2,1-2H3. The Kier molecular flexibility index (Phi) is 5.53. The minimum absolute atomic E-state index is 0.294. The molecule has 0 amide bonds. The maximum atomic E-state index is 13.8. The van der Waals surface area contributed by atoms with Gasteiger partial charge < -0.3 is 5.32 Å². The second-order valence-electron chi connectivity index (χ2n) is 6.14. The Balaban J connectivity index is 2.08. The van der Waals surface area contributed by atoms with Gasteiger partial charge in [0.25, 0.3) is 0 Å². The maximum Gasteiger partial charge on any atom is 0.129 e. The summed E-state index contributed by atoms with van der Waals surface area (Å²) in [5.41, 5.74) is 0.621. The van der Waals surface area contributed by atoms with Crippen molar-refractivity contribution in [2.24, 2.45) is 11.8 Å². The molecule has 1 N–H and O–H groups in total. The first-order chi connectivity index (χ1) is 9.60. The number of likely N-dealkylation sites (N-methyl/N-ethyl adjacent to an activating group) is 1. The molecule has 20 heavy (non-hydrogen) atoms. The Morgan fingerprint density at radius 3 is 2.75 bits per heavy atom. The molecule has 1 aromatic carbocycles. The predicted octanol–water partition coefficient (Wildman–Crippen LogP) is 4.31. The fourth-order valence-electron chi connectivity index (χ4n) is 3.44. The highest BCUT2D eigenvalue weighted by Crippen LogP contribution is 2.32. The Morgan fingerprint density at radius 2 is 2.10 bits per heavy atom. The second kappa shape index (κ2) is 7.16. The van der Waals surface area contributed by atoms with Gasteiger partial charge in [-0.3, -0.25) is 0 Å². The molecule has 0 aliphatic heterocycles. The molecule has 3 unspecified atom stereocenters. The van der Waals surface area contributed by atoms with E-state index < -0.39 is 11.6 Å². The number of hydrogen-bond acceptors (Lipinski definition) is 1. The van der Waals surface area contributed by atoms with Crippen LogP contribution in [0.25, 0.3) is 0 Å². The number of benzene rings is 1. The predicted molar refractivity (Wildman–Crippen MR) is 78.6 cm³/mol. The molecule has 2 rings (SSSR count). The Hall–Kier alpha value is -0.960. The molecule has 0 spiro atoms. The highest BCUT2D eigenvalue weighted by atomic mass is 19.1. The highest BCUT2D eigenvalue weighted by Gasteiger charge is 2.26. The summed E-state index contributed by atoms with van der Waals surface area (Å²) in [7, 11) is 0. The van der Waals surface area contributed by atoms with Crippen LogP contribution in [0.4, 0.5) is 8.78 Å². The van der Waals surface area contributed by atoms with Gasteiger partial charge in [-0.1, -0.05) is 32.8 Å². The third kappa shape index (κ3) is 4.02. The van der Waals surface area contributed by atoms with Gasteiger partial charge in [0.2, 0.25) is 0 Å². The van der Waals surface area contributed by atoms with Crippen molar-refractivity contribution >= 4 is 0 Å². The number of halogens is 2. The molecule has 1 nitrogen and oxygen atoms in total. The quantitative estimate of drug-likeness (QED) is 0.848. The van der Waals surface area contributed by atoms with Crippen LogP contribution in [0.15, 0.2) is 18.2 Å². The largest absolute Gasteiger partial charge is 0.314 e. The van der Waals surface area contributed by atoms with Gasteiger partial charge in [-0.2, -0.15) is 0 Å². The molecule has 0 radical (unpaired) electrons. The van der Waals surface area contributed by atoms with Crippen LogP contribution >= 0.6 is 0 Å². The zero-order valence-corrected chi connectivity index (χ0v) is 12.5. The summed E-state index contributed by atoms with van der Waals surface area (Å²) in [5, 5.41) is 3.50. The van der Waals surface area contributed by atoms with E-state index in [0.29, 0.717) is 23.9 Å². The number of rotatable bonds is 5.